The molecule has 5 heteroatoms. The van der Waals surface area contributed by atoms with E-state index in [-0.39, 0.29) is 6.04 Å². The van der Waals surface area contributed by atoms with E-state index in [9.17, 15) is 5.11 Å². The lowest BCUT2D eigenvalue weighted by molar-refractivity contribution is -0.108. The Morgan fingerprint density at radius 3 is 2.48 bits per heavy atom. The first-order valence-electron chi connectivity index (χ1n) is 10.6. The van der Waals surface area contributed by atoms with Crippen LogP contribution in [0.1, 0.15) is 17.5 Å². The van der Waals surface area contributed by atoms with E-state index >= 15 is 0 Å². The minimum Gasteiger partial charge on any atom is -0.497 e. The Hall–Kier alpha value is -1.92. The second-order valence-electron chi connectivity index (χ2n) is 8.48. The number of likely N-dealkylation sites (N-methyl/N-ethyl adjacent to an activating group) is 1. The summed E-state index contributed by atoms with van der Waals surface area (Å²) in [6.45, 7) is 6.74. The maximum Gasteiger partial charge on any atom is 0.119 e. The number of ether oxygens (including phenoxy) is 1. The Bertz CT molecular complexity index is 792. The van der Waals surface area contributed by atoms with Gasteiger partial charge < -0.3 is 14.7 Å². The van der Waals surface area contributed by atoms with E-state index in [1.165, 1.54) is 5.56 Å². The Labute approximate surface area is 174 Å². The summed E-state index contributed by atoms with van der Waals surface area (Å²) in [5.41, 5.74) is 1.50. The van der Waals surface area contributed by atoms with Crippen LogP contribution in [0.2, 0.25) is 0 Å². The molecule has 5 nitrogen and oxygen atoms in total. The largest absolute Gasteiger partial charge is 0.497 e. The van der Waals surface area contributed by atoms with Gasteiger partial charge in [-0.1, -0.05) is 42.5 Å². The van der Waals surface area contributed by atoms with Gasteiger partial charge in [-0.25, -0.2) is 0 Å². The maximum atomic E-state index is 11.9. The van der Waals surface area contributed by atoms with Crippen LogP contribution in [-0.4, -0.2) is 79.3 Å². The predicted molar refractivity (Wildman–Crippen MR) is 116 cm³/mol. The highest BCUT2D eigenvalue weighted by atomic mass is 16.5. The number of benzene rings is 2. The van der Waals surface area contributed by atoms with E-state index in [0.717, 1.165) is 63.5 Å². The molecule has 4 rings (SSSR count). The number of likely N-dealkylation sites (tertiary alicyclic amines) is 1. The third-order valence-corrected chi connectivity index (χ3v) is 6.58. The molecule has 2 heterocycles. The normalized spacial score (nSPS) is 27.1. The van der Waals surface area contributed by atoms with Crippen LogP contribution < -0.4 is 4.74 Å². The number of aliphatic hydroxyl groups is 1. The van der Waals surface area contributed by atoms with Crippen LogP contribution in [0.5, 0.6) is 5.75 Å². The molecule has 0 saturated carbocycles. The van der Waals surface area contributed by atoms with Crippen molar-refractivity contribution in [3.8, 4) is 5.75 Å². The minimum absolute atomic E-state index is 0.0953. The molecule has 2 aromatic carbocycles. The molecule has 0 radical (unpaired) electrons. The Balaban J connectivity index is 1.56. The smallest absolute Gasteiger partial charge is 0.119 e. The van der Waals surface area contributed by atoms with Gasteiger partial charge in [-0.3, -0.25) is 9.80 Å². The molecule has 0 spiro atoms. The van der Waals surface area contributed by atoms with Crippen molar-refractivity contribution in [2.75, 3.05) is 53.4 Å². The fourth-order valence-corrected chi connectivity index (χ4v) is 4.77. The molecule has 2 aliphatic heterocycles. The van der Waals surface area contributed by atoms with Crippen LogP contribution in [0, 0.1) is 0 Å². The summed E-state index contributed by atoms with van der Waals surface area (Å²) >= 11 is 0. The zero-order valence-corrected chi connectivity index (χ0v) is 17.6. The highest BCUT2D eigenvalue weighted by Crippen LogP contribution is 2.37. The molecule has 2 aliphatic rings. The van der Waals surface area contributed by atoms with Gasteiger partial charge in [0.05, 0.1) is 13.2 Å². The standard InChI is InChI=1S/C24H33N3O2/c1-25-13-15-27(16-14-25)23-19-26(18-20-7-6-10-22(17-20)29-2)12-11-24(23,28)21-8-4-3-5-9-21/h3-10,17,23,28H,11-16,18-19H2,1-2H3/t23-,24+/m1/s1. The van der Waals surface area contributed by atoms with E-state index in [1.807, 2.05) is 24.3 Å². The molecule has 2 aromatic rings. The molecule has 0 unspecified atom stereocenters. The van der Waals surface area contributed by atoms with Crippen molar-refractivity contribution < 1.29 is 9.84 Å². The zero-order valence-electron chi connectivity index (χ0n) is 17.6. The second-order valence-corrected chi connectivity index (χ2v) is 8.48. The first-order chi connectivity index (χ1) is 14.1. The molecule has 156 valence electrons. The summed E-state index contributed by atoms with van der Waals surface area (Å²) in [6.07, 6.45) is 0.748. The molecule has 0 amide bonds. The molecule has 0 aliphatic carbocycles. The molecular weight excluding hydrogens is 362 g/mol. The third kappa shape index (κ3) is 4.48. The van der Waals surface area contributed by atoms with Gasteiger partial charge in [-0.2, -0.15) is 0 Å². The van der Waals surface area contributed by atoms with Crippen molar-refractivity contribution in [2.45, 2.75) is 24.6 Å². The number of piperidine rings is 1. The summed E-state index contributed by atoms with van der Waals surface area (Å²) in [5.74, 6) is 0.899. The summed E-state index contributed by atoms with van der Waals surface area (Å²) < 4.78 is 5.39. The van der Waals surface area contributed by atoms with Crippen molar-refractivity contribution in [3.05, 3.63) is 65.7 Å². The Morgan fingerprint density at radius 2 is 1.76 bits per heavy atom. The molecule has 2 fully saturated rings. The van der Waals surface area contributed by atoms with Crippen molar-refractivity contribution in [3.63, 3.8) is 0 Å². The maximum absolute atomic E-state index is 11.9. The van der Waals surface area contributed by atoms with E-state index in [2.05, 4.69) is 52.1 Å². The molecule has 0 bridgehead atoms. The lowest BCUT2D eigenvalue weighted by Gasteiger charge is -2.51. The summed E-state index contributed by atoms with van der Waals surface area (Å²) in [7, 11) is 3.89. The van der Waals surface area contributed by atoms with Crippen molar-refractivity contribution in [2.24, 2.45) is 0 Å². The van der Waals surface area contributed by atoms with Crippen molar-refractivity contribution >= 4 is 0 Å². The second kappa shape index (κ2) is 8.84. The van der Waals surface area contributed by atoms with Gasteiger partial charge in [0.25, 0.3) is 0 Å². The third-order valence-electron chi connectivity index (χ3n) is 6.58. The van der Waals surface area contributed by atoms with Crippen LogP contribution in [0.4, 0.5) is 0 Å². The molecular formula is C24H33N3O2. The average Bonchev–Trinajstić information content (AvgIpc) is 2.76. The van der Waals surface area contributed by atoms with E-state index in [0.29, 0.717) is 0 Å². The van der Waals surface area contributed by atoms with Gasteiger partial charge in [0.2, 0.25) is 0 Å². The van der Waals surface area contributed by atoms with Crippen LogP contribution in [0.25, 0.3) is 0 Å². The Morgan fingerprint density at radius 1 is 1.00 bits per heavy atom. The first kappa shape index (κ1) is 20.4. The highest BCUT2D eigenvalue weighted by molar-refractivity contribution is 5.29. The Kier molecular flexibility index (Phi) is 6.20. The lowest BCUT2D eigenvalue weighted by atomic mass is 9.79. The number of rotatable bonds is 5. The highest BCUT2D eigenvalue weighted by Gasteiger charge is 2.46. The van der Waals surface area contributed by atoms with Gasteiger partial charge in [-0.15, -0.1) is 0 Å². The molecule has 0 aromatic heterocycles. The number of hydrogen-bond acceptors (Lipinski definition) is 5. The van der Waals surface area contributed by atoms with Gasteiger partial charge in [0.1, 0.15) is 11.4 Å². The summed E-state index contributed by atoms with van der Waals surface area (Å²) in [6, 6.07) is 18.7. The fourth-order valence-electron chi connectivity index (χ4n) is 4.77. The van der Waals surface area contributed by atoms with E-state index < -0.39 is 5.60 Å². The molecule has 1 N–H and O–H groups in total. The summed E-state index contributed by atoms with van der Waals surface area (Å²) in [4.78, 5) is 7.36. The first-order valence-corrected chi connectivity index (χ1v) is 10.6. The van der Waals surface area contributed by atoms with Crippen LogP contribution in [0.3, 0.4) is 0 Å². The number of nitrogens with zero attached hydrogens (tertiary/aromatic N) is 3. The molecule has 2 saturated heterocycles. The topological polar surface area (TPSA) is 39.2 Å². The fraction of sp³-hybridized carbons (Fsp3) is 0.500. The average molecular weight is 396 g/mol. The number of hydrogen-bond donors (Lipinski definition) is 1. The van der Waals surface area contributed by atoms with Gasteiger partial charge >= 0.3 is 0 Å². The number of piperazine rings is 1. The predicted octanol–water partition coefficient (Wildman–Crippen LogP) is 2.40. The van der Waals surface area contributed by atoms with Gasteiger partial charge in [-0.05, 0) is 36.7 Å². The van der Waals surface area contributed by atoms with Gasteiger partial charge in [0, 0.05) is 45.8 Å². The van der Waals surface area contributed by atoms with Crippen LogP contribution in [-0.2, 0) is 12.1 Å². The van der Waals surface area contributed by atoms with E-state index in [1.54, 1.807) is 7.11 Å². The van der Waals surface area contributed by atoms with E-state index in [4.69, 9.17) is 4.74 Å². The SMILES string of the molecule is COc1cccc(CN2CC[C@](O)(c3ccccc3)[C@H](N3CCN(C)CC3)C2)c1. The van der Waals surface area contributed by atoms with Crippen molar-refractivity contribution in [1.82, 2.24) is 14.7 Å². The quantitative estimate of drug-likeness (QED) is 0.842. The number of methoxy groups -OCH3 is 1. The molecule has 2 atom stereocenters. The monoisotopic (exact) mass is 395 g/mol. The zero-order chi connectivity index (χ0) is 20.3. The minimum atomic E-state index is -0.804. The van der Waals surface area contributed by atoms with Crippen LogP contribution >= 0.6 is 0 Å². The molecule has 29 heavy (non-hydrogen) atoms. The lowest BCUT2D eigenvalue weighted by Crippen LogP contribution is -2.63. The van der Waals surface area contributed by atoms with Gasteiger partial charge in [0.15, 0.2) is 0 Å². The summed E-state index contributed by atoms with van der Waals surface area (Å²) in [5, 5.41) is 11.9. The van der Waals surface area contributed by atoms with Crippen LogP contribution in [0.15, 0.2) is 54.6 Å². The van der Waals surface area contributed by atoms with Crippen molar-refractivity contribution in [1.29, 1.82) is 0 Å².